The molecule has 30 heavy (non-hydrogen) atoms. The largest absolute Gasteiger partial charge is 0.463 e. The lowest BCUT2D eigenvalue weighted by Crippen LogP contribution is -2.57. The number of rotatable bonds is 4. The van der Waals surface area contributed by atoms with Crippen LogP contribution in [-0.4, -0.2) is 50.5 Å². The number of hydrogen-bond donors (Lipinski definition) is 2. The summed E-state index contributed by atoms with van der Waals surface area (Å²) in [6.45, 7) is 1.76. The lowest BCUT2D eigenvalue weighted by Gasteiger charge is -2.48. The molecule has 0 bridgehead atoms. The quantitative estimate of drug-likeness (QED) is 0.746. The topological polar surface area (TPSA) is 87.6 Å². The van der Waals surface area contributed by atoms with Crippen molar-refractivity contribution in [1.29, 1.82) is 0 Å². The third-order valence-corrected chi connectivity index (χ3v) is 8.37. The molecule has 1 aromatic heterocycles. The number of nitrogens with one attached hydrogen (secondary N) is 1. The molecule has 6 rings (SSSR count). The monoisotopic (exact) mass is 446 g/mol. The summed E-state index contributed by atoms with van der Waals surface area (Å²) < 4.78 is 18.1. The number of aromatic nitrogens is 2. The van der Waals surface area contributed by atoms with Gasteiger partial charge in [-0.3, -0.25) is 4.21 Å². The zero-order chi connectivity index (χ0) is 20.5. The molecule has 0 radical (unpaired) electrons. The Kier molecular flexibility index (Phi) is 4.11. The maximum absolute atomic E-state index is 12.5. The summed E-state index contributed by atoms with van der Waals surface area (Å²) in [5.74, 6) is 1.65. The molecule has 9 heteroatoms. The van der Waals surface area contributed by atoms with E-state index in [0.717, 1.165) is 50.2 Å². The second-order valence-corrected chi connectivity index (χ2v) is 10.9. The number of benzene rings is 1. The van der Waals surface area contributed by atoms with Gasteiger partial charge in [-0.25, -0.2) is 0 Å². The van der Waals surface area contributed by atoms with Crippen LogP contribution in [0.15, 0.2) is 23.1 Å². The molecule has 1 saturated carbocycles. The molecule has 2 aliphatic carbocycles. The number of fused-ring (bicyclic) bond motifs is 2. The third-order valence-electron chi connectivity index (χ3n) is 6.98. The van der Waals surface area contributed by atoms with Crippen molar-refractivity contribution in [3.63, 3.8) is 0 Å². The van der Waals surface area contributed by atoms with Crippen molar-refractivity contribution in [3.8, 4) is 5.88 Å². The van der Waals surface area contributed by atoms with Gasteiger partial charge in [0.25, 0.3) is 0 Å². The molecular formula is C21H23ClN4O3S. The normalized spacial score (nSPS) is 24.6. The van der Waals surface area contributed by atoms with E-state index >= 15 is 0 Å². The zero-order valence-corrected chi connectivity index (χ0v) is 18.1. The fourth-order valence-corrected chi connectivity index (χ4v) is 6.37. The number of halogens is 1. The van der Waals surface area contributed by atoms with Gasteiger partial charge < -0.3 is 20.1 Å². The Morgan fingerprint density at radius 1 is 1.23 bits per heavy atom. The first-order valence-electron chi connectivity index (χ1n) is 10.3. The molecular weight excluding hydrogens is 424 g/mol. The van der Waals surface area contributed by atoms with E-state index in [1.807, 2.05) is 6.07 Å². The second kappa shape index (κ2) is 6.55. The lowest BCUT2D eigenvalue weighted by atomic mass is 9.77. The standard InChI is InChI=1S/C21H23ClN4O3S/c22-15-3-2-13-7-20(8-14(13)6-15)9-26(10-20)19-23-17(25-21(11-27)4-1-5-21)16-18(24-19)29-12-30(16)28/h2-3,6,27H,1,4-5,7-12H2,(H,23,24,25)/t30-/m1/s1. The molecule has 0 unspecified atom stereocenters. The summed E-state index contributed by atoms with van der Waals surface area (Å²) in [4.78, 5) is 12.0. The lowest BCUT2D eigenvalue weighted by molar-refractivity contribution is 0.143. The molecule has 2 aromatic rings. The van der Waals surface area contributed by atoms with Gasteiger partial charge in [0, 0.05) is 23.5 Å². The molecule has 1 aromatic carbocycles. The SMILES string of the molecule is O=[S@@]1COc2nc(N3CC4(Cc5ccc(Cl)cc5C4)C3)nc(NC3(CO)CCC3)c21. The first-order valence-corrected chi connectivity index (χ1v) is 12.0. The van der Waals surface area contributed by atoms with Gasteiger partial charge in [0.1, 0.15) is 15.7 Å². The minimum Gasteiger partial charge on any atom is -0.463 e. The number of aliphatic hydroxyl groups is 1. The highest BCUT2D eigenvalue weighted by Gasteiger charge is 2.48. The van der Waals surface area contributed by atoms with Gasteiger partial charge in [0.2, 0.25) is 11.8 Å². The Hall–Kier alpha value is -1.90. The average molecular weight is 447 g/mol. The predicted molar refractivity (Wildman–Crippen MR) is 115 cm³/mol. The fraction of sp³-hybridized carbons (Fsp3) is 0.524. The van der Waals surface area contributed by atoms with Crippen LogP contribution in [-0.2, 0) is 23.6 Å². The maximum atomic E-state index is 12.5. The molecule has 1 spiro atoms. The Bertz CT molecular complexity index is 1060. The molecule has 2 N–H and O–H groups in total. The molecule has 2 fully saturated rings. The maximum Gasteiger partial charge on any atom is 0.238 e. The fourth-order valence-electron chi connectivity index (χ4n) is 5.22. The second-order valence-electron chi connectivity index (χ2n) is 9.15. The van der Waals surface area contributed by atoms with Gasteiger partial charge in [-0.1, -0.05) is 17.7 Å². The Labute approximate surface area is 182 Å². The summed E-state index contributed by atoms with van der Waals surface area (Å²) in [6.07, 6.45) is 4.87. The predicted octanol–water partition coefficient (Wildman–Crippen LogP) is 2.52. The number of anilines is 2. The van der Waals surface area contributed by atoms with Crippen LogP contribution in [0.3, 0.4) is 0 Å². The van der Waals surface area contributed by atoms with E-state index in [4.69, 9.17) is 21.3 Å². The molecule has 158 valence electrons. The van der Waals surface area contributed by atoms with E-state index < -0.39 is 10.8 Å². The minimum absolute atomic E-state index is 0.0300. The molecule has 1 atom stereocenters. The molecule has 0 amide bonds. The van der Waals surface area contributed by atoms with Crippen LogP contribution >= 0.6 is 11.6 Å². The van der Waals surface area contributed by atoms with E-state index in [0.29, 0.717) is 22.5 Å². The van der Waals surface area contributed by atoms with Crippen molar-refractivity contribution in [3.05, 3.63) is 34.3 Å². The number of aliphatic hydroxyl groups excluding tert-OH is 1. The van der Waals surface area contributed by atoms with Crippen LogP contribution in [0.4, 0.5) is 11.8 Å². The van der Waals surface area contributed by atoms with Crippen LogP contribution in [0.1, 0.15) is 30.4 Å². The van der Waals surface area contributed by atoms with E-state index in [2.05, 4.69) is 27.3 Å². The van der Waals surface area contributed by atoms with Crippen molar-refractivity contribution in [2.45, 2.75) is 42.5 Å². The van der Waals surface area contributed by atoms with Crippen molar-refractivity contribution in [2.75, 3.05) is 35.9 Å². The number of nitrogens with zero attached hydrogens (tertiary/aromatic N) is 3. The van der Waals surface area contributed by atoms with Gasteiger partial charge in [0.15, 0.2) is 11.8 Å². The molecule has 7 nitrogen and oxygen atoms in total. The Morgan fingerprint density at radius 2 is 2.03 bits per heavy atom. The van der Waals surface area contributed by atoms with Gasteiger partial charge in [-0.2, -0.15) is 9.97 Å². The highest BCUT2D eigenvalue weighted by Crippen LogP contribution is 2.47. The van der Waals surface area contributed by atoms with Crippen LogP contribution in [0.2, 0.25) is 5.02 Å². The van der Waals surface area contributed by atoms with Gasteiger partial charge in [0.05, 0.1) is 12.1 Å². The van der Waals surface area contributed by atoms with E-state index in [1.54, 1.807) is 0 Å². The first-order chi connectivity index (χ1) is 14.5. The van der Waals surface area contributed by atoms with Crippen molar-refractivity contribution in [2.24, 2.45) is 5.41 Å². The van der Waals surface area contributed by atoms with E-state index in [-0.39, 0.29) is 23.5 Å². The Morgan fingerprint density at radius 3 is 2.77 bits per heavy atom. The molecule has 4 aliphatic rings. The first kappa shape index (κ1) is 18.8. The minimum atomic E-state index is -1.29. The number of ether oxygens (including phenoxy) is 1. The summed E-state index contributed by atoms with van der Waals surface area (Å²) in [5.41, 5.74) is 2.54. The highest BCUT2D eigenvalue weighted by atomic mass is 35.5. The molecule has 2 aliphatic heterocycles. The van der Waals surface area contributed by atoms with Crippen molar-refractivity contribution in [1.82, 2.24) is 9.97 Å². The third kappa shape index (κ3) is 2.84. The smallest absolute Gasteiger partial charge is 0.238 e. The van der Waals surface area contributed by atoms with Gasteiger partial charge in [-0.05, 0) is 55.4 Å². The zero-order valence-electron chi connectivity index (χ0n) is 16.5. The van der Waals surface area contributed by atoms with Crippen LogP contribution in [0.5, 0.6) is 5.88 Å². The summed E-state index contributed by atoms with van der Waals surface area (Å²) in [5, 5.41) is 14.0. The Balaban J connectivity index is 1.27. The van der Waals surface area contributed by atoms with Crippen LogP contribution < -0.4 is 15.0 Å². The summed E-state index contributed by atoms with van der Waals surface area (Å²) >= 11 is 6.17. The molecule has 3 heterocycles. The van der Waals surface area contributed by atoms with Crippen molar-refractivity contribution >= 4 is 34.2 Å². The molecule has 1 saturated heterocycles. The van der Waals surface area contributed by atoms with Crippen LogP contribution in [0.25, 0.3) is 0 Å². The van der Waals surface area contributed by atoms with Crippen LogP contribution in [0, 0.1) is 5.41 Å². The number of hydrogen-bond acceptors (Lipinski definition) is 7. The summed E-state index contributed by atoms with van der Waals surface area (Å²) in [7, 11) is -1.29. The van der Waals surface area contributed by atoms with Gasteiger partial charge >= 0.3 is 0 Å². The van der Waals surface area contributed by atoms with E-state index in [1.165, 1.54) is 11.1 Å². The average Bonchev–Trinajstić information content (AvgIpc) is 3.24. The van der Waals surface area contributed by atoms with Gasteiger partial charge in [-0.15, -0.1) is 0 Å². The van der Waals surface area contributed by atoms with E-state index in [9.17, 15) is 9.32 Å². The van der Waals surface area contributed by atoms with Crippen molar-refractivity contribution < 1.29 is 14.1 Å². The highest BCUT2D eigenvalue weighted by molar-refractivity contribution is 7.85. The summed E-state index contributed by atoms with van der Waals surface area (Å²) in [6, 6.07) is 6.18.